The van der Waals surface area contributed by atoms with Crippen LogP contribution in [-0.4, -0.2) is 29.6 Å². The zero-order valence-electron chi connectivity index (χ0n) is 8.84. The van der Waals surface area contributed by atoms with Crippen molar-refractivity contribution in [3.8, 4) is 0 Å². The molecule has 0 bridgehead atoms. The molecule has 0 radical (unpaired) electrons. The second-order valence-electron chi connectivity index (χ2n) is 3.96. The number of nitrogens with zero attached hydrogens (tertiary/aromatic N) is 1. The molecule has 0 aliphatic heterocycles. The summed E-state index contributed by atoms with van der Waals surface area (Å²) in [7, 11) is 0. The molecule has 0 heterocycles. The molecule has 3 heteroatoms. The van der Waals surface area contributed by atoms with E-state index in [1.165, 1.54) is 12.8 Å². The van der Waals surface area contributed by atoms with E-state index in [0.29, 0.717) is 12.1 Å². The van der Waals surface area contributed by atoms with E-state index in [9.17, 15) is 4.79 Å². The van der Waals surface area contributed by atoms with Gasteiger partial charge in [-0.25, -0.2) is 4.79 Å². The fraction of sp³-hybridized carbons (Fsp3) is 0.900. The first-order valence-electron chi connectivity index (χ1n) is 5.23. The summed E-state index contributed by atoms with van der Waals surface area (Å²) in [4.78, 5) is 13.6. The molecule has 0 unspecified atom stereocenters. The van der Waals surface area contributed by atoms with Crippen molar-refractivity contribution in [2.45, 2.75) is 52.1 Å². The van der Waals surface area contributed by atoms with Gasteiger partial charge >= 0.3 is 6.03 Å². The molecule has 1 aliphatic rings. The highest BCUT2D eigenvalue weighted by molar-refractivity contribution is 5.75. The van der Waals surface area contributed by atoms with Gasteiger partial charge in [-0.3, -0.25) is 0 Å². The summed E-state index contributed by atoms with van der Waals surface area (Å²) in [6.45, 7) is 7.00. The van der Waals surface area contributed by atoms with E-state index in [1.54, 1.807) is 0 Å². The molecule has 13 heavy (non-hydrogen) atoms. The van der Waals surface area contributed by atoms with Crippen LogP contribution in [0.4, 0.5) is 4.79 Å². The molecule has 0 spiro atoms. The molecule has 1 fully saturated rings. The van der Waals surface area contributed by atoms with Crippen molar-refractivity contribution in [3.05, 3.63) is 0 Å². The maximum atomic E-state index is 11.6. The van der Waals surface area contributed by atoms with Gasteiger partial charge in [0, 0.05) is 18.6 Å². The minimum atomic E-state index is 0.111. The lowest BCUT2D eigenvalue weighted by Gasteiger charge is -2.26. The van der Waals surface area contributed by atoms with Gasteiger partial charge < -0.3 is 10.2 Å². The van der Waals surface area contributed by atoms with E-state index in [-0.39, 0.29) is 6.03 Å². The number of rotatable bonds is 4. The average Bonchev–Trinajstić information content (AvgIpc) is 2.84. The number of hydrogen-bond acceptors (Lipinski definition) is 1. The Hall–Kier alpha value is -0.730. The fourth-order valence-electron chi connectivity index (χ4n) is 1.50. The summed E-state index contributed by atoms with van der Waals surface area (Å²) in [5.74, 6) is 0. The number of carbonyl (C=O) groups is 1. The minimum absolute atomic E-state index is 0.111. The van der Waals surface area contributed by atoms with Gasteiger partial charge in [0.2, 0.25) is 0 Å². The molecule has 76 valence electrons. The number of hydrogen-bond donors (Lipinski definition) is 1. The number of carbonyl (C=O) groups excluding carboxylic acids is 1. The van der Waals surface area contributed by atoms with Gasteiger partial charge in [0.15, 0.2) is 0 Å². The summed E-state index contributed by atoms with van der Waals surface area (Å²) in [5, 5.41) is 2.92. The van der Waals surface area contributed by atoms with Crippen LogP contribution in [0.25, 0.3) is 0 Å². The Labute approximate surface area is 80.5 Å². The van der Waals surface area contributed by atoms with Crippen molar-refractivity contribution in [1.29, 1.82) is 0 Å². The quantitative estimate of drug-likeness (QED) is 0.712. The van der Waals surface area contributed by atoms with Crippen LogP contribution in [0, 0.1) is 0 Å². The molecule has 2 amide bonds. The molecule has 0 aromatic heterocycles. The van der Waals surface area contributed by atoms with Crippen LogP contribution in [0.1, 0.15) is 40.0 Å². The van der Waals surface area contributed by atoms with E-state index in [1.807, 2.05) is 4.90 Å². The van der Waals surface area contributed by atoms with Crippen molar-refractivity contribution in [2.24, 2.45) is 0 Å². The Morgan fingerprint density at radius 2 is 2.15 bits per heavy atom. The minimum Gasteiger partial charge on any atom is -0.338 e. The summed E-state index contributed by atoms with van der Waals surface area (Å²) >= 11 is 0. The van der Waals surface area contributed by atoms with E-state index < -0.39 is 0 Å². The number of nitrogens with one attached hydrogen (secondary N) is 1. The summed E-state index contributed by atoms with van der Waals surface area (Å²) < 4.78 is 0. The topological polar surface area (TPSA) is 32.3 Å². The average molecular weight is 184 g/mol. The second-order valence-corrected chi connectivity index (χ2v) is 3.96. The molecule has 1 N–H and O–H groups in total. The molecule has 1 rings (SSSR count). The lowest BCUT2D eigenvalue weighted by molar-refractivity contribution is 0.179. The smallest absolute Gasteiger partial charge is 0.317 e. The molecular weight excluding hydrogens is 164 g/mol. The van der Waals surface area contributed by atoms with Gasteiger partial charge in [0.1, 0.15) is 0 Å². The van der Waals surface area contributed by atoms with Gasteiger partial charge in [-0.1, -0.05) is 6.92 Å². The van der Waals surface area contributed by atoms with E-state index in [0.717, 1.165) is 13.0 Å². The lowest BCUT2D eigenvalue weighted by atomic mass is 10.3. The third-order valence-corrected chi connectivity index (χ3v) is 2.26. The third-order valence-electron chi connectivity index (χ3n) is 2.26. The van der Waals surface area contributed by atoms with Gasteiger partial charge in [0.05, 0.1) is 0 Å². The van der Waals surface area contributed by atoms with Crippen LogP contribution in [0.15, 0.2) is 0 Å². The second kappa shape index (κ2) is 4.49. The fourth-order valence-corrected chi connectivity index (χ4v) is 1.50. The highest BCUT2D eigenvalue weighted by Crippen LogP contribution is 2.28. The Balaban J connectivity index is 2.39. The van der Waals surface area contributed by atoms with E-state index >= 15 is 0 Å². The van der Waals surface area contributed by atoms with Crippen molar-refractivity contribution in [1.82, 2.24) is 10.2 Å². The summed E-state index contributed by atoms with van der Waals surface area (Å²) in [5.41, 5.74) is 0. The number of urea groups is 1. The van der Waals surface area contributed by atoms with Gasteiger partial charge in [0.25, 0.3) is 0 Å². The first-order valence-corrected chi connectivity index (χ1v) is 5.23. The van der Waals surface area contributed by atoms with Crippen LogP contribution in [0.5, 0.6) is 0 Å². The first kappa shape index (κ1) is 10.4. The zero-order valence-corrected chi connectivity index (χ0v) is 8.84. The molecule has 1 aliphatic carbocycles. The Morgan fingerprint density at radius 3 is 2.54 bits per heavy atom. The molecule has 0 atom stereocenters. The molecular formula is C10H20N2O. The Morgan fingerprint density at radius 1 is 1.54 bits per heavy atom. The lowest BCUT2D eigenvalue weighted by Crippen LogP contribution is -2.45. The maximum Gasteiger partial charge on any atom is 0.317 e. The number of amides is 2. The predicted octanol–water partition coefficient (Wildman–Crippen LogP) is 1.98. The van der Waals surface area contributed by atoms with Crippen LogP contribution in [-0.2, 0) is 0 Å². The van der Waals surface area contributed by atoms with Gasteiger partial charge in [-0.05, 0) is 33.1 Å². The van der Waals surface area contributed by atoms with Crippen molar-refractivity contribution >= 4 is 6.03 Å². The highest BCUT2D eigenvalue weighted by atomic mass is 16.2. The normalized spacial score (nSPS) is 16.0. The molecule has 0 aromatic carbocycles. The van der Waals surface area contributed by atoms with Crippen molar-refractivity contribution in [2.75, 3.05) is 6.54 Å². The van der Waals surface area contributed by atoms with Gasteiger partial charge in [-0.15, -0.1) is 0 Å². The monoisotopic (exact) mass is 184 g/mol. The van der Waals surface area contributed by atoms with Gasteiger partial charge in [-0.2, -0.15) is 0 Å². The third kappa shape index (κ3) is 2.90. The molecule has 1 saturated carbocycles. The van der Waals surface area contributed by atoms with E-state index in [2.05, 4.69) is 26.1 Å². The standard InChI is InChI=1S/C10H20N2O/c1-4-7-11-10(13)12(8(2)3)9-5-6-9/h8-9H,4-7H2,1-3H3,(H,11,13). The molecule has 0 saturated heterocycles. The summed E-state index contributed by atoms with van der Waals surface area (Å²) in [6, 6.07) is 0.945. The van der Waals surface area contributed by atoms with Crippen LogP contribution in [0.2, 0.25) is 0 Å². The zero-order chi connectivity index (χ0) is 9.84. The van der Waals surface area contributed by atoms with Crippen molar-refractivity contribution < 1.29 is 4.79 Å². The van der Waals surface area contributed by atoms with E-state index in [4.69, 9.17) is 0 Å². The Kier molecular flexibility index (Phi) is 3.58. The van der Waals surface area contributed by atoms with Crippen LogP contribution < -0.4 is 5.32 Å². The van der Waals surface area contributed by atoms with Crippen molar-refractivity contribution in [3.63, 3.8) is 0 Å². The first-order chi connectivity index (χ1) is 6.16. The summed E-state index contributed by atoms with van der Waals surface area (Å²) in [6.07, 6.45) is 3.36. The Bertz CT molecular complexity index is 174. The molecule has 0 aromatic rings. The van der Waals surface area contributed by atoms with Crippen LogP contribution >= 0.6 is 0 Å². The SMILES string of the molecule is CCCNC(=O)N(C(C)C)C1CC1. The predicted molar refractivity (Wildman–Crippen MR) is 53.7 cm³/mol. The maximum absolute atomic E-state index is 11.6. The highest BCUT2D eigenvalue weighted by Gasteiger charge is 2.33. The molecule has 3 nitrogen and oxygen atoms in total. The van der Waals surface area contributed by atoms with Crippen LogP contribution in [0.3, 0.4) is 0 Å². The largest absolute Gasteiger partial charge is 0.338 e.